The van der Waals surface area contributed by atoms with Gasteiger partial charge in [-0.05, 0) is 25.7 Å². The summed E-state index contributed by atoms with van der Waals surface area (Å²) in [5, 5.41) is 3.57. The molecule has 0 radical (unpaired) electrons. The molecule has 2 rings (SSSR count). The Labute approximate surface area is 93.2 Å². The third-order valence-corrected chi connectivity index (χ3v) is 3.99. The molecule has 0 spiro atoms. The Morgan fingerprint density at radius 1 is 1.40 bits per heavy atom. The summed E-state index contributed by atoms with van der Waals surface area (Å²) >= 11 is 0. The zero-order chi connectivity index (χ0) is 10.7. The van der Waals surface area contributed by atoms with E-state index in [-0.39, 0.29) is 0 Å². The summed E-state index contributed by atoms with van der Waals surface area (Å²) in [4.78, 5) is 2.67. The Balaban J connectivity index is 1.83. The summed E-state index contributed by atoms with van der Waals surface area (Å²) < 4.78 is 5.44. The first-order valence-electron chi connectivity index (χ1n) is 6.33. The van der Waals surface area contributed by atoms with E-state index >= 15 is 0 Å². The van der Waals surface area contributed by atoms with Crippen molar-refractivity contribution in [1.82, 2.24) is 10.2 Å². The second kappa shape index (κ2) is 5.28. The van der Waals surface area contributed by atoms with Gasteiger partial charge in [-0.15, -0.1) is 0 Å². The number of methoxy groups -OCH3 is 1. The quantitative estimate of drug-likeness (QED) is 0.762. The Morgan fingerprint density at radius 2 is 2.27 bits per heavy atom. The lowest BCUT2D eigenvalue weighted by molar-refractivity contribution is 0.0890. The second-order valence-corrected chi connectivity index (χ2v) is 4.88. The molecule has 3 unspecified atom stereocenters. The fourth-order valence-corrected chi connectivity index (χ4v) is 2.92. The first-order valence-corrected chi connectivity index (χ1v) is 6.33. The summed E-state index contributed by atoms with van der Waals surface area (Å²) in [5.41, 5.74) is 0. The summed E-state index contributed by atoms with van der Waals surface area (Å²) in [7, 11) is 1.85. The minimum atomic E-state index is 0.518. The Bertz CT molecular complexity index is 198. The number of hydrogen-bond acceptors (Lipinski definition) is 3. The molecule has 2 aliphatic rings. The molecule has 0 bridgehead atoms. The topological polar surface area (TPSA) is 24.5 Å². The molecule has 2 fully saturated rings. The minimum absolute atomic E-state index is 0.518. The van der Waals surface area contributed by atoms with Crippen LogP contribution in [0.25, 0.3) is 0 Å². The van der Waals surface area contributed by atoms with Gasteiger partial charge in [-0.1, -0.05) is 6.92 Å². The number of nitrogens with one attached hydrogen (secondary N) is 1. The molecule has 1 saturated carbocycles. The highest BCUT2D eigenvalue weighted by molar-refractivity contribution is 4.88. The largest absolute Gasteiger partial charge is 0.381 e. The van der Waals surface area contributed by atoms with Crippen LogP contribution < -0.4 is 5.32 Å². The molecule has 1 saturated heterocycles. The van der Waals surface area contributed by atoms with E-state index < -0.39 is 0 Å². The molecule has 0 aromatic carbocycles. The van der Waals surface area contributed by atoms with Gasteiger partial charge < -0.3 is 10.1 Å². The van der Waals surface area contributed by atoms with Gasteiger partial charge in [0.05, 0.1) is 6.10 Å². The van der Waals surface area contributed by atoms with E-state index in [0.29, 0.717) is 12.1 Å². The van der Waals surface area contributed by atoms with Crippen LogP contribution >= 0.6 is 0 Å². The molecular formula is C12H24N2O. The third-order valence-electron chi connectivity index (χ3n) is 3.99. The van der Waals surface area contributed by atoms with Crippen LogP contribution in [0, 0.1) is 0 Å². The molecule has 0 aromatic rings. The van der Waals surface area contributed by atoms with Crippen LogP contribution in [-0.4, -0.2) is 49.8 Å². The first kappa shape index (κ1) is 11.4. The molecule has 15 heavy (non-hydrogen) atoms. The van der Waals surface area contributed by atoms with Gasteiger partial charge in [0.15, 0.2) is 0 Å². The summed E-state index contributed by atoms with van der Waals surface area (Å²) in [6.45, 7) is 5.88. The minimum Gasteiger partial charge on any atom is -0.381 e. The van der Waals surface area contributed by atoms with Crippen molar-refractivity contribution in [2.24, 2.45) is 0 Å². The van der Waals surface area contributed by atoms with E-state index in [0.717, 1.165) is 12.6 Å². The van der Waals surface area contributed by atoms with Crippen LogP contribution in [0.15, 0.2) is 0 Å². The lowest BCUT2D eigenvalue weighted by Crippen LogP contribution is -2.53. The van der Waals surface area contributed by atoms with E-state index in [9.17, 15) is 0 Å². The normalized spacial score (nSPS) is 38.4. The number of hydrogen-bond donors (Lipinski definition) is 1. The van der Waals surface area contributed by atoms with Gasteiger partial charge in [-0.3, -0.25) is 4.90 Å². The maximum absolute atomic E-state index is 5.44. The fraction of sp³-hybridized carbons (Fsp3) is 1.00. The molecule has 1 aliphatic heterocycles. The van der Waals surface area contributed by atoms with Crippen LogP contribution in [-0.2, 0) is 4.74 Å². The van der Waals surface area contributed by atoms with Crippen molar-refractivity contribution in [3.8, 4) is 0 Å². The molecule has 1 N–H and O–H groups in total. The van der Waals surface area contributed by atoms with E-state index in [1.807, 2.05) is 7.11 Å². The molecule has 3 nitrogen and oxygen atoms in total. The SMILES string of the molecule is CCC1CN(C2CCC(OC)C2)CCN1. The molecule has 88 valence electrons. The van der Waals surface area contributed by atoms with Crippen molar-refractivity contribution >= 4 is 0 Å². The van der Waals surface area contributed by atoms with Crippen LogP contribution in [0.1, 0.15) is 32.6 Å². The highest BCUT2D eigenvalue weighted by Gasteiger charge is 2.31. The maximum atomic E-state index is 5.44. The van der Waals surface area contributed by atoms with Crippen molar-refractivity contribution in [2.75, 3.05) is 26.7 Å². The van der Waals surface area contributed by atoms with Crippen LogP contribution in [0.5, 0.6) is 0 Å². The smallest absolute Gasteiger partial charge is 0.0586 e. The molecular weight excluding hydrogens is 188 g/mol. The van der Waals surface area contributed by atoms with Gasteiger partial charge in [0.2, 0.25) is 0 Å². The van der Waals surface area contributed by atoms with Gasteiger partial charge in [-0.25, -0.2) is 0 Å². The first-order chi connectivity index (χ1) is 7.33. The predicted molar refractivity (Wildman–Crippen MR) is 62.1 cm³/mol. The highest BCUT2D eigenvalue weighted by atomic mass is 16.5. The third kappa shape index (κ3) is 2.71. The van der Waals surface area contributed by atoms with E-state index in [1.54, 1.807) is 0 Å². The van der Waals surface area contributed by atoms with Gasteiger partial charge in [0.1, 0.15) is 0 Å². The van der Waals surface area contributed by atoms with Crippen molar-refractivity contribution in [1.29, 1.82) is 0 Å². The lowest BCUT2D eigenvalue weighted by Gasteiger charge is -2.37. The molecule has 3 atom stereocenters. The average Bonchev–Trinajstić information content (AvgIpc) is 2.78. The molecule has 0 aromatic heterocycles. The van der Waals surface area contributed by atoms with Crippen molar-refractivity contribution in [3.05, 3.63) is 0 Å². The van der Waals surface area contributed by atoms with Crippen LogP contribution in [0.3, 0.4) is 0 Å². The van der Waals surface area contributed by atoms with Gasteiger partial charge in [0, 0.05) is 38.8 Å². The monoisotopic (exact) mass is 212 g/mol. The van der Waals surface area contributed by atoms with E-state index in [2.05, 4.69) is 17.1 Å². The number of ether oxygens (including phenoxy) is 1. The Hall–Kier alpha value is -0.120. The lowest BCUT2D eigenvalue weighted by atomic mass is 10.1. The summed E-state index contributed by atoms with van der Waals surface area (Å²) in [5.74, 6) is 0. The van der Waals surface area contributed by atoms with Crippen LogP contribution in [0.4, 0.5) is 0 Å². The summed E-state index contributed by atoms with van der Waals surface area (Å²) in [6, 6.07) is 1.49. The maximum Gasteiger partial charge on any atom is 0.0586 e. The summed E-state index contributed by atoms with van der Waals surface area (Å²) in [6.07, 6.45) is 5.59. The van der Waals surface area contributed by atoms with Gasteiger partial charge >= 0.3 is 0 Å². The highest BCUT2D eigenvalue weighted by Crippen LogP contribution is 2.26. The molecule has 3 heteroatoms. The zero-order valence-corrected chi connectivity index (χ0v) is 10.0. The van der Waals surface area contributed by atoms with Crippen molar-refractivity contribution in [3.63, 3.8) is 0 Å². The second-order valence-electron chi connectivity index (χ2n) is 4.88. The van der Waals surface area contributed by atoms with Crippen molar-refractivity contribution in [2.45, 2.75) is 50.8 Å². The molecule has 1 heterocycles. The van der Waals surface area contributed by atoms with Crippen LogP contribution in [0.2, 0.25) is 0 Å². The van der Waals surface area contributed by atoms with Crippen molar-refractivity contribution < 1.29 is 4.74 Å². The molecule has 0 amide bonds. The van der Waals surface area contributed by atoms with Gasteiger partial charge in [-0.2, -0.15) is 0 Å². The molecule has 1 aliphatic carbocycles. The predicted octanol–water partition coefficient (Wildman–Crippen LogP) is 1.24. The van der Waals surface area contributed by atoms with E-state index in [4.69, 9.17) is 4.74 Å². The number of piperazine rings is 1. The Kier molecular flexibility index (Phi) is 4.00. The van der Waals surface area contributed by atoms with Gasteiger partial charge in [0.25, 0.3) is 0 Å². The average molecular weight is 212 g/mol. The Morgan fingerprint density at radius 3 is 2.93 bits per heavy atom. The fourth-order valence-electron chi connectivity index (χ4n) is 2.92. The van der Waals surface area contributed by atoms with E-state index in [1.165, 1.54) is 38.8 Å². The standard InChI is InChI=1S/C12H24N2O/c1-3-10-9-14(7-6-13-10)11-4-5-12(8-11)15-2/h10-13H,3-9H2,1-2H3. The zero-order valence-electron chi connectivity index (χ0n) is 10.0. The number of rotatable bonds is 3. The number of nitrogens with zero attached hydrogens (tertiary/aromatic N) is 1.